The number of carbonyl (C=O) groups is 2. The van der Waals surface area contributed by atoms with Crippen LogP contribution in [0.25, 0.3) is 11.1 Å². The molecule has 1 saturated heterocycles. The minimum Gasteiger partial charge on any atom is -0.480 e. The summed E-state index contributed by atoms with van der Waals surface area (Å²) in [7, 11) is -4.25. The van der Waals surface area contributed by atoms with Crippen molar-refractivity contribution < 1.29 is 23.1 Å². The van der Waals surface area contributed by atoms with Crippen LogP contribution in [-0.2, 0) is 26.0 Å². The first-order chi connectivity index (χ1) is 17.6. The van der Waals surface area contributed by atoms with Crippen LogP contribution in [0.1, 0.15) is 25.3 Å². The second-order valence-corrected chi connectivity index (χ2v) is 11.6. The SMILES string of the molecule is C[C@@](Cc1ccccc1)(C(=O)O)N(CCN1CCCC1=O)S(=O)(=O)c1ccc(-c2ccc(Cl)cc2)cc1. The summed E-state index contributed by atoms with van der Waals surface area (Å²) in [6.07, 6.45) is 1.09. The van der Waals surface area contributed by atoms with Crippen LogP contribution in [0.3, 0.4) is 0 Å². The number of likely N-dealkylation sites (tertiary alicyclic amines) is 1. The highest BCUT2D eigenvalue weighted by Gasteiger charge is 2.47. The molecule has 1 N–H and O–H groups in total. The quantitative estimate of drug-likeness (QED) is 0.402. The van der Waals surface area contributed by atoms with Gasteiger partial charge in [0.15, 0.2) is 0 Å². The number of halogens is 1. The monoisotopic (exact) mass is 540 g/mol. The van der Waals surface area contributed by atoms with Gasteiger partial charge in [-0.3, -0.25) is 9.59 Å². The molecule has 3 aromatic carbocycles. The molecule has 1 aliphatic heterocycles. The van der Waals surface area contributed by atoms with Crippen molar-refractivity contribution in [2.75, 3.05) is 19.6 Å². The van der Waals surface area contributed by atoms with Gasteiger partial charge in [-0.15, -0.1) is 0 Å². The maximum Gasteiger partial charge on any atom is 0.325 e. The summed E-state index contributed by atoms with van der Waals surface area (Å²) in [5.74, 6) is -1.31. The van der Waals surface area contributed by atoms with E-state index in [0.29, 0.717) is 30.0 Å². The van der Waals surface area contributed by atoms with E-state index < -0.39 is 21.5 Å². The van der Waals surface area contributed by atoms with Crippen LogP contribution in [0.2, 0.25) is 5.02 Å². The summed E-state index contributed by atoms with van der Waals surface area (Å²) in [5.41, 5.74) is 0.591. The molecule has 1 atom stereocenters. The lowest BCUT2D eigenvalue weighted by Gasteiger charge is -2.38. The van der Waals surface area contributed by atoms with Crippen LogP contribution in [0.5, 0.6) is 0 Å². The van der Waals surface area contributed by atoms with Crippen LogP contribution < -0.4 is 0 Å². The highest BCUT2D eigenvalue weighted by molar-refractivity contribution is 7.89. The Morgan fingerprint density at radius 2 is 1.59 bits per heavy atom. The molecule has 37 heavy (non-hydrogen) atoms. The normalized spacial score (nSPS) is 15.6. The highest BCUT2D eigenvalue weighted by Crippen LogP contribution is 2.31. The van der Waals surface area contributed by atoms with Crippen molar-refractivity contribution >= 4 is 33.5 Å². The molecular formula is C28H29ClN2O5S. The van der Waals surface area contributed by atoms with Gasteiger partial charge >= 0.3 is 5.97 Å². The van der Waals surface area contributed by atoms with E-state index in [4.69, 9.17) is 11.6 Å². The number of hydrogen-bond donors (Lipinski definition) is 1. The average Bonchev–Trinajstić information content (AvgIpc) is 3.29. The van der Waals surface area contributed by atoms with Gasteiger partial charge in [-0.05, 0) is 54.3 Å². The zero-order valence-corrected chi connectivity index (χ0v) is 22.1. The molecule has 0 radical (unpaired) electrons. The number of amides is 1. The van der Waals surface area contributed by atoms with Gasteiger partial charge in [0.25, 0.3) is 0 Å². The number of nitrogens with zero attached hydrogens (tertiary/aromatic N) is 2. The fraction of sp³-hybridized carbons (Fsp3) is 0.286. The summed E-state index contributed by atoms with van der Waals surface area (Å²) in [6.45, 7) is 1.94. The van der Waals surface area contributed by atoms with Crippen LogP contribution in [0.4, 0.5) is 0 Å². The fourth-order valence-electron chi connectivity index (χ4n) is 4.64. The zero-order chi connectivity index (χ0) is 26.6. The molecule has 1 amide bonds. The number of aliphatic carboxylic acids is 1. The maximum atomic E-state index is 14.0. The van der Waals surface area contributed by atoms with E-state index >= 15 is 0 Å². The minimum atomic E-state index is -4.25. The summed E-state index contributed by atoms with van der Waals surface area (Å²) in [6, 6.07) is 22.5. The molecular weight excluding hydrogens is 512 g/mol. The van der Waals surface area contributed by atoms with E-state index in [2.05, 4.69) is 0 Å². The van der Waals surface area contributed by atoms with Crippen LogP contribution in [0.15, 0.2) is 83.8 Å². The van der Waals surface area contributed by atoms with Gasteiger partial charge in [0.2, 0.25) is 15.9 Å². The molecule has 1 aliphatic rings. The van der Waals surface area contributed by atoms with Gasteiger partial charge in [0.05, 0.1) is 4.90 Å². The topological polar surface area (TPSA) is 95.0 Å². The summed E-state index contributed by atoms with van der Waals surface area (Å²) < 4.78 is 29.0. The average molecular weight is 541 g/mol. The van der Waals surface area contributed by atoms with Crippen molar-refractivity contribution in [2.24, 2.45) is 0 Å². The van der Waals surface area contributed by atoms with Gasteiger partial charge in [0.1, 0.15) is 5.54 Å². The Morgan fingerprint density at radius 1 is 1.00 bits per heavy atom. The Kier molecular flexibility index (Phi) is 8.02. The minimum absolute atomic E-state index is 0.0153. The van der Waals surface area contributed by atoms with Crippen molar-refractivity contribution in [2.45, 2.75) is 36.6 Å². The third-order valence-electron chi connectivity index (χ3n) is 6.77. The van der Waals surface area contributed by atoms with Gasteiger partial charge in [-0.25, -0.2) is 8.42 Å². The Bertz CT molecular complexity index is 1360. The highest BCUT2D eigenvalue weighted by atomic mass is 35.5. The lowest BCUT2D eigenvalue weighted by atomic mass is 9.92. The molecule has 0 aromatic heterocycles. The van der Waals surface area contributed by atoms with Crippen LogP contribution in [0, 0.1) is 0 Å². The first-order valence-electron chi connectivity index (χ1n) is 12.1. The first-order valence-corrected chi connectivity index (χ1v) is 13.9. The molecule has 9 heteroatoms. The fourth-order valence-corrected chi connectivity index (χ4v) is 6.49. The van der Waals surface area contributed by atoms with Crippen molar-refractivity contribution in [1.82, 2.24) is 9.21 Å². The molecule has 0 spiro atoms. The Balaban J connectivity index is 1.71. The van der Waals surface area contributed by atoms with E-state index in [1.165, 1.54) is 19.1 Å². The lowest BCUT2D eigenvalue weighted by molar-refractivity contribution is -0.147. The number of carboxylic acids is 1. The van der Waals surface area contributed by atoms with E-state index in [0.717, 1.165) is 15.4 Å². The lowest BCUT2D eigenvalue weighted by Crippen LogP contribution is -2.58. The van der Waals surface area contributed by atoms with Gasteiger partial charge in [-0.1, -0.05) is 66.2 Å². The Hall–Kier alpha value is -3.20. The molecule has 0 saturated carbocycles. The standard InChI is InChI=1S/C28H29ClN2O5S/c1-28(27(33)34,20-21-6-3-2-4-7-21)31(19-18-30-17-5-8-26(30)32)37(35,36)25-15-11-23(12-16-25)22-9-13-24(29)14-10-22/h2-4,6-7,9-16H,5,8,17-20H2,1H3,(H,33,34)/t28-/m1/s1. The third kappa shape index (κ3) is 5.87. The maximum absolute atomic E-state index is 14.0. The zero-order valence-electron chi connectivity index (χ0n) is 20.5. The number of rotatable bonds is 10. The molecule has 0 unspecified atom stereocenters. The number of carboxylic acid groups (broad SMARTS) is 1. The largest absolute Gasteiger partial charge is 0.480 e. The van der Waals surface area contributed by atoms with Crippen molar-refractivity contribution in [3.8, 4) is 11.1 Å². The molecule has 7 nitrogen and oxygen atoms in total. The summed E-state index contributed by atoms with van der Waals surface area (Å²) >= 11 is 5.97. The molecule has 0 aliphatic carbocycles. The van der Waals surface area contributed by atoms with E-state index in [1.807, 2.05) is 18.2 Å². The molecule has 1 heterocycles. The van der Waals surface area contributed by atoms with E-state index in [1.54, 1.807) is 53.4 Å². The second-order valence-electron chi connectivity index (χ2n) is 9.33. The number of hydrogen-bond acceptors (Lipinski definition) is 4. The number of carbonyl (C=O) groups excluding carboxylic acids is 1. The summed E-state index contributed by atoms with van der Waals surface area (Å²) in [5, 5.41) is 10.9. The second kappa shape index (κ2) is 11.0. The molecule has 194 valence electrons. The predicted octanol–water partition coefficient (Wildman–Crippen LogP) is 4.71. The number of benzene rings is 3. The Labute approximate surface area is 222 Å². The first kappa shape index (κ1) is 26.9. The van der Waals surface area contributed by atoms with Gasteiger partial charge < -0.3 is 10.0 Å². The van der Waals surface area contributed by atoms with Crippen molar-refractivity contribution in [3.63, 3.8) is 0 Å². The molecule has 0 bridgehead atoms. The van der Waals surface area contributed by atoms with E-state index in [9.17, 15) is 23.1 Å². The van der Waals surface area contributed by atoms with Gasteiger partial charge in [0, 0.05) is 37.5 Å². The van der Waals surface area contributed by atoms with Gasteiger partial charge in [-0.2, -0.15) is 4.31 Å². The predicted molar refractivity (Wildman–Crippen MR) is 143 cm³/mol. The third-order valence-corrected chi connectivity index (χ3v) is 9.05. The molecule has 1 fully saturated rings. The van der Waals surface area contributed by atoms with Crippen LogP contribution in [-0.4, -0.2) is 59.8 Å². The van der Waals surface area contributed by atoms with Crippen LogP contribution >= 0.6 is 11.6 Å². The van der Waals surface area contributed by atoms with Crippen molar-refractivity contribution in [3.05, 3.63) is 89.4 Å². The number of sulfonamides is 1. The smallest absolute Gasteiger partial charge is 0.325 e. The van der Waals surface area contributed by atoms with Crippen molar-refractivity contribution in [1.29, 1.82) is 0 Å². The van der Waals surface area contributed by atoms with E-state index in [-0.39, 0.29) is 30.3 Å². The molecule has 3 aromatic rings. The Morgan fingerprint density at radius 3 is 2.14 bits per heavy atom. The molecule has 4 rings (SSSR count). The summed E-state index contributed by atoms with van der Waals surface area (Å²) in [4.78, 5) is 26.5.